The molecule has 3 rings (SSSR count). The van der Waals surface area contributed by atoms with Gasteiger partial charge < -0.3 is 16.0 Å². The van der Waals surface area contributed by atoms with Gasteiger partial charge in [-0.15, -0.1) is 12.4 Å². The Hall–Kier alpha value is -1.59. The third-order valence-electron chi connectivity index (χ3n) is 5.58. The zero-order chi connectivity index (χ0) is 18.4. The van der Waals surface area contributed by atoms with E-state index >= 15 is 0 Å². The summed E-state index contributed by atoms with van der Waals surface area (Å²) < 4.78 is 0. The van der Waals surface area contributed by atoms with Gasteiger partial charge in [0.05, 0.1) is 0 Å². The van der Waals surface area contributed by atoms with Crippen molar-refractivity contribution in [3.8, 4) is 0 Å². The van der Waals surface area contributed by atoms with Gasteiger partial charge in [0, 0.05) is 31.0 Å². The van der Waals surface area contributed by atoms with E-state index in [0.29, 0.717) is 13.0 Å². The van der Waals surface area contributed by atoms with Gasteiger partial charge in [0.2, 0.25) is 11.8 Å². The van der Waals surface area contributed by atoms with Crippen LogP contribution >= 0.6 is 12.4 Å². The topological polar surface area (TPSA) is 70.2 Å². The molecule has 1 aromatic rings. The summed E-state index contributed by atoms with van der Waals surface area (Å²) in [5.74, 6) is 0.247. The number of fused-ring (bicyclic) bond motifs is 1. The van der Waals surface area contributed by atoms with E-state index in [-0.39, 0.29) is 42.2 Å². The highest BCUT2D eigenvalue weighted by Crippen LogP contribution is 2.24. The van der Waals surface area contributed by atoms with E-state index in [1.807, 2.05) is 13.0 Å². The summed E-state index contributed by atoms with van der Waals surface area (Å²) in [7, 11) is 0. The third-order valence-corrected chi connectivity index (χ3v) is 5.58. The lowest BCUT2D eigenvalue weighted by atomic mass is 9.88. The van der Waals surface area contributed by atoms with Crippen molar-refractivity contribution in [1.82, 2.24) is 16.0 Å². The highest BCUT2D eigenvalue weighted by molar-refractivity contribution is 5.85. The van der Waals surface area contributed by atoms with Crippen molar-refractivity contribution in [1.29, 1.82) is 0 Å². The van der Waals surface area contributed by atoms with Crippen LogP contribution in [-0.2, 0) is 16.0 Å². The van der Waals surface area contributed by atoms with Gasteiger partial charge in [-0.1, -0.05) is 43.5 Å². The molecule has 1 fully saturated rings. The minimum Gasteiger partial charge on any atom is -0.354 e. The molecule has 27 heavy (non-hydrogen) atoms. The smallest absolute Gasteiger partial charge is 0.223 e. The number of rotatable bonds is 6. The van der Waals surface area contributed by atoms with Crippen LogP contribution in [0, 0.1) is 5.92 Å². The minimum atomic E-state index is -0.129. The molecule has 0 radical (unpaired) electrons. The van der Waals surface area contributed by atoms with Crippen LogP contribution in [0.5, 0.6) is 0 Å². The second-order valence-electron chi connectivity index (χ2n) is 7.71. The molecule has 0 aromatic heterocycles. The molecule has 1 aliphatic heterocycles. The standard InChI is InChI=1S/C21H31N3O2.ClH/c1-15(24-21(26)17-8-3-2-4-9-17)13-20(25)23-14-19-18-10-6-5-7-16(18)11-12-22-19;/h5-7,10,15,17,19,22H,2-4,8-9,11-14H2,1H3,(H,23,25)(H,24,26);1H. The SMILES string of the molecule is CC(CC(=O)NCC1NCCc2ccccc21)NC(=O)C1CCCCC1.Cl. The zero-order valence-electron chi connectivity index (χ0n) is 16.1. The number of carbonyl (C=O) groups is 2. The van der Waals surface area contributed by atoms with E-state index in [2.05, 4.69) is 34.1 Å². The molecule has 2 unspecified atom stereocenters. The Labute approximate surface area is 168 Å². The van der Waals surface area contributed by atoms with Crippen molar-refractivity contribution in [3.63, 3.8) is 0 Å². The molecular formula is C21H32ClN3O2. The van der Waals surface area contributed by atoms with Gasteiger partial charge in [0.25, 0.3) is 0 Å². The second kappa shape index (κ2) is 10.7. The monoisotopic (exact) mass is 393 g/mol. The lowest BCUT2D eigenvalue weighted by molar-refractivity contribution is -0.127. The van der Waals surface area contributed by atoms with E-state index < -0.39 is 0 Å². The third kappa shape index (κ3) is 6.22. The maximum absolute atomic E-state index is 12.3. The van der Waals surface area contributed by atoms with E-state index in [1.165, 1.54) is 17.5 Å². The highest BCUT2D eigenvalue weighted by Gasteiger charge is 2.23. The fraction of sp³-hybridized carbons (Fsp3) is 0.619. The van der Waals surface area contributed by atoms with E-state index in [9.17, 15) is 9.59 Å². The molecule has 6 heteroatoms. The van der Waals surface area contributed by atoms with Crippen molar-refractivity contribution in [2.24, 2.45) is 5.92 Å². The molecule has 1 heterocycles. The Bertz CT molecular complexity index is 632. The van der Waals surface area contributed by atoms with Gasteiger partial charge in [-0.2, -0.15) is 0 Å². The summed E-state index contributed by atoms with van der Waals surface area (Å²) in [4.78, 5) is 24.6. The Morgan fingerprint density at radius 3 is 2.70 bits per heavy atom. The molecule has 1 saturated carbocycles. The summed E-state index contributed by atoms with van der Waals surface area (Å²) in [6, 6.07) is 8.44. The maximum atomic E-state index is 12.3. The Morgan fingerprint density at radius 1 is 1.19 bits per heavy atom. The first-order valence-electron chi connectivity index (χ1n) is 10.0. The average molecular weight is 394 g/mol. The summed E-state index contributed by atoms with van der Waals surface area (Å²) >= 11 is 0. The molecule has 3 N–H and O–H groups in total. The zero-order valence-corrected chi connectivity index (χ0v) is 16.9. The number of benzene rings is 1. The summed E-state index contributed by atoms with van der Waals surface area (Å²) in [5, 5.41) is 9.52. The molecular weight excluding hydrogens is 362 g/mol. The van der Waals surface area contributed by atoms with Gasteiger partial charge >= 0.3 is 0 Å². The normalized spacial score (nSPS) is 20.7. The van der Waals surface area contributed by atoms with Crippen molar-refractivity contribution >= 4 is 24.2 Å². The summed E-state index contributed by atoms with van der Waals surface area (Å²) in [6.07, 6.45) is 6.85. The molecule has 2 amide bonds. The molecule has 0 spiro atoms. The first kappa shape index (κ1) is 21.7. The fourth-order valence-corrected chi connectivity index (χ4v) is 4.12. The largest absolute Gasteiger partial charge is 0.354 e. The predicted molar refractivity (Wildman–Crippen MR) is 110 cm³/mol. The van der Waals surface area contributed by atoms with Crippen LogP contribution in [-0.4, -0.2) is 30.9 Å². The molecule has 2 atom stereocenters. The number of amides is 2. The highest BCUT2D eigenvalue weighted by atomic mass is 35.5. The van der Waals surface area contributed by atoms with Crippen molar-refractivity contribution in [3.05, 3.63) is 35.4 Å². The van der Waals surface area contributed by atoms with Crippen LogP contribution in [0.15, 0.2) is 24.3 Å². The molecule has 0 saturated heterocycles. The number of hydrogen-bond acceptors (Lipinski definition) is 3. The van der Waals surface area contributed by atoms with Crippen LogP contribution in [0.4, 0.5) is 0 Å². The van der Waals surface area contributed by atoms with Gasteiger partial charge in [-0.25, -0.2) is 0 Å². The van der Waals surface area contributed by atoms with Crippen LogP contribution in [0.3, 0.4) is 0 Å². The summed E-state index contributed by atoms with van der Waals surface area (Å²) in [6.45, 7) is 3.43. The van der Waals surface area contributed by atoms with E-state index in [4.69, 9.17) is 0 Å². The Morgan fingerprint density at radius 2 is 1.93 bits per heavy atom. The molecule has 5 nitrogen and oxygen atoms in total. The maximum Gasteiger partial charge on any atom is 0.223 e. The number of nitrogens with one attached hydrogen (secondary N) is 3. The lowest BCUT2D eigenvalue weighted by Crippen LogP contribution is -2.43. The first-order chi connectivity index (χ1) is 12.6. The minimum absolute atomic E-state index is 0. The first-order valence-corrected chi connectivity index (χ1v) is 10.0. The molecule has 2 aliphatic rings. The van der Waals surface area contributed by atoms with Gasteiger partial charge in [-0.05, 0) is 43.9 Å². The lowest BCUT2D eigenvalue weighted by Gasteiger charge is -2.27. The van der Waals surface area contributed by atoms with Crippen LogP contribution in [0.1, 0.15) is 62.6 Å². The number of halogens is 1. The van der Waals surface area contributed by atoms with Crippen molar-refractivity contribution in [2.45, 2.75) is 64.0 Å². The predicted octanol–water partition coefficient (Wildman–Crippen LogP) is 2.89. The van der Waals surface area contributed by atoms with Crippen molar-refractivity contribution < 1.29 is 9.59 Å². The summed E-state index contributed by atoms with van der Waals surface area (Å²) in [5.41, 5.74) is 2.64. The number of hydrogen-bond donors (Lipinski definition) is 3. The fourth-order valence-electron chi connectivity index (χ4n) is 4.12. The van der Waals surface area contributed by atoms with E-state index in [0.717, 1.165) is 38.6 Å². The average Bonchev–Trinajstić information content (AvgIpc) is 2.67. The van der Waals surface area contributed by atoms with Crippen LogP contribution < -0.4 is 16.0 Å². The molecule has 1 aromatic carbocycles. The van der Waals surface area contributed by atoms with Gasteiger partial charge in [0.15, 0.2) is 0 Å². The van der Waals surface area contributed by atoms with Gasteiger partial charge in [-0.3, -0.25) is 9.59 Å². The van der Waals surface area contributed by atoms with Gasteiger partial charge in [0.1, 0.15) is 0 Å². The van der Waals surface area contributed by atoms with Crippen LogP contribution in [0.25, 0.3) is 0 Å². The number of carbonyl (C=O) groups excluding carboxylic acids is 2. The van der Waals surface area contributed by atoms with Crippen molar-refractivity contribution in [2.75, 3.05) is 13.1 Å². The molecule has 1 aliphatic carbocycles. The van der Waals surface area contributed by atoms with E-state index in [1.54, 1.807) is 0 Å². The quantitative estimate of drug-likeness (QED) is 0.696. The Kier molecular flexibility index (Phi) is 8.58. The molecule has 0 bridgehead atoms. The Balaban J connectivity index is 0.00000261. The molecule has 150 valence electrons. The van der Waals surface area contributed by atoms with Crippen LogP contribution in [0.2, 0.25) is 0 Å². The second-order valence-corrected chi connectivity index (χ2v) is 7.71.